The first-order chi connectivity index (χ1) is 8.84. The van der Waals surface area contributed by atoms with E-state index in [1.165, 1.54) is 0 Å². The van der Waals surface area contributed by atoms with Crippen LogP contribution in [0, 0.1) is 0 Å². The van der Waals surface area contributed by atoms with Crippen molar-refractivity contribution in [1.82, 2.24) is 4.31 Å². The second-order valence-corrected chi connectivity index (χ2v) is 8.12. The molecule has 2 atom stereocenters. The average molecular weight is 302 g/mol. The van der Waals surface area contributed by atoms with Crippen LogP contribution in [0.1, 0.15) is 45.2 Å². The molecule has 106 valence electrons. The third kappa shape index (κ3) is 2.81. The smallest absolute Gasteiger partial charge is 0.212 e. The lowest BCUT2D eigenvalue weighted by molar-refractivity contribution is 0.238. The lowest BCUT2D eigenvalue weighted by Crippen LogP contribution is -2.47. The van der Waals surface area contributed by atoms with Gasteiger partial charge in [-0.2, -0.15) is 4.31 Å². The van der Waals surface area contributed by atoms with Gasteiger partial charge >= 0.3 is 0 Å². The molecule has 1 unspecified atom stereocenters. The molecule has 1 aromatic rings. The summed E-state index contributed by atoms with van der Waals surface area (Å²) in [5.41, 5.74) is 1.02. The molecule has 0 radical (unpaired) electrons. The van der Waals surface area contributed by atoms with Crippen molar-refractivity contribution in [2.24, 2.45) is 0 Å². The van der Waals surface area contributed by atoms with Gasteiger partial charge in [0.05, 0.1) is 11.3 Å². The maximum Gasteiger partial charge on any atom is 0.217 e. The molecule has 1 heterocycles. The van der Waals surface area contributed by atoms with Gasteiger partial charge in [0.15, 0.2) is 0 Å². The van der Waals surface area contributed by atoms with Crippen molar-refractivity contribution in [3.05, 3.63) is 34.9 Å². The fraction of sp³-hybridized carbons (Fsp3) is 0.571. The van der Waals surface area contributed by atoms with E-state index in [0.29, 0.717) is 11.4 Å². The van der Waals surface area contributed by atoms with Gasteiger partial charge in [-0.3, -0.25) is 0 Å². The molecule has 2 rings (SSSR count). The molecule has 0 aromatic heterocycles. The van der Waals surface area contributed by atoms with Gasteiger partial charge in [0, 0.05) is 11.1 Å². The van der Waals surface area contributed by atoms with E-state index in [9.17, 15) is 8.42 Å². The van der Waals surface area contributed by atoms with Gasteiger partial charge in [-0.15, -0.1) is 0 Å². The summed E-state index contributed by atoms with van der Waals surface area (Å²) >= 11 is 5.90. The van der Waals surface area contributed by atoms with E-state index >= 15 is 0 Å². The zero-order valence-electron chi connectivity index (χ0n) is 11.5. The molecule has 19 heavy (non-hydrogen) atoms. The third-order valence-corrected chi connectivity index (χ3v) is 6.49. The van der Waals surface area contributed by atoms with Crippen LogP contribution < -0.4 is 0 Å². The lowest BCUT2D eigenvalue weighted by Gasteiger charge is -2.40. The largest absolute Gasteiger partial charge is 0.217 e. The second-order valence-electron chi connectivity index (χ2n) is 5.42. The molecular weight excluding hydrogens is 282 g/mol. The highest BCUT2D eigenvalue weighted by atomic mass is 35.5. The van der Waals surface area contributed by atoms with Crippen LogP contribution in [0.4, 0.5) is 0 Å². The van der Waals surface area contributed by atoms with Gasteiger partial charge in [-0.1, -0.05) is 23.7 Å². The molecule has 5 heteroatoms. The fourth-order valence-electron chi connectivity index (χ4n) is 2.71. The minimum atomic E-state index is -3.21. The van der Waals surface area contributed by atoms with Crippen molar-refractivity contribution in [2.45, 2.75) is 50.9 Å². The van der Waals surface area contributed by atoms with Crippen LogP contribution in [0.2, 0.25) is 5.02 Å². The highest BCUT2D eigenvalue weighted by Gasteiger charge is 2.41. The number of halogens is 1. The Kier molecular flexibility index (Phi) is 4.23. The molecule has 1 aliphatic heterocycles. The Bertz CT molecular complexity index is 539. The maximum atomic E-state index is 12.5. The molecule has 0 spiro atoms. The Balaban J connectivity index is 2.41. The highest BCUT2D eigenvalue weighted by Crippen LogP contribution is 2.38. The van der Waals surface area contributed by atoms with Crippen LogP contribution in [0.25, 0.3) is 0 Å². The topological polar surface area (TPSA) is 37.4 Å². The summed E-state index contributed by atoms with van der Waals surface area (Å²) in [5.74, 6) is 0. The van der Waals surface area contributed by atoms with Crippen molar-refractivity contribution < 1.29 is 8.42 Å². The van der Waals surface area contributed by atoms with Crippen molar-refractivity contribution in [3.8, 4) is 0 Å². The first kappa shape index (κ1) is 14.8. The quantitative estimate of drug-likeness (QED) is 0.837. The van der Waals surface area contributed by atoms with Gasteiger partial charge in [0.2, 0.25) is 10.0 Å². The molecule has 1 saturated heterocycles. The maximum absolute atomic E-state index is 12.5. The van der Waals surface area contributed by atoms with Crippen LogP contribution in [0.5, 0.6) is 0 Å². The summed E-state index contributed by atoms with van der Waals surface area (Å²) in [4.78, 5) is 0. The van der Waals surface area contributed by atoms with E-state index in [-0.39, 0.29) is 17.3 Å². The summed E-state index contributed by atoms with van der Waals surface area (Å²) in [7, 11) is -3.21. The highest BCUT2D eigenvalue weighted by molar-refractivity contribution is 7.89. The Hall–Kier alpha value is -0.580. The molecule has 3 nitrogen and oxygen atoms in total. The number of sulfonamides is 1. The number of benzene rings is 1. The monoisotopic (exact) mass is 301 g/mol. The van der Waals surface area contributed by atoms with E-state index in [4.69, 9.17) is 11.6 Å². The zero-order chi connectivity index (χ0) is 14.2. The standard InChI is InChI=1S/C14H20ClNO2S/c1-10(2)16-14(9-4-11(3)19(16,17)18)12-5-7-13(15)8-6-12/h5-8,10-11,14H,4,9H2,1-3H3/t11-,14?/m1/s1. The molecule has 0 N–H and O–H groups in total. The van der Waals surface area contributed by atoms with E-state index in [1.54, 1.807) is 11.2 Å². The summed E-state index contributed by atoms with van der Waals surface area (Å²) < 4.78 is 26.7. The second kappa shape index (κ2) is 5.43. The summed E-state index contributed by atoms with van der Waals surface area (Å²) in [6.45, 7) is 5.65. The Morgan fingerprint density at radius 3 is 2.32 bits per heavy atom. The molecule has 0 amide bonds. The molecule has 0 aliphatic carbocycles. The predicted molar refractivity (Wildman–Crippen MR) is 78.8 cm³/mol. The van der Waals surface area contributed by atoms with Gasteiger partial charge in [-0.25, -0.2) is 8.42 Å². The van der Waals surface area contributed by atoms with E-state index in [0.717, 1.165) is 12.0 Å². The van der Waals surface area contributed by atoms with Crippen LogP contribution in [-0.4, -0.2) is 24.0 Å². The van der Waals surface area contributed by atoms with Gasteiger partial charge in [-0.05, 0) is 51.3 Å². The van der Waals surface area contributed by atoms with E-state index in [2.05, 4.69) is 0 Å². The van der Waals surface area contributed by atoms with Crippen LogP contribution in [0.15, 0.2) is 24.3 Å². The van der Waals surface area contributed by atoms with Crippen LogP contribution in [0.3, 0.4) is 0 Å². The minimum absolute atomic E-state index is 0.0339. The zero-order valence-corrected chi connectivity index (χ0v) is 13.1. The number of hydrogen-bond donors (Lipinski definition) is 0. The average Bonchev–Trinajstić information content (AvgIpc) is 2.33. The molecule has 1 aliphatic rings. The first-order valence-corrected chi connectivity index (χ1v) is 8.50. The molecule has 1 aromatic carbocycles. The Labute approximate surface area is 120 Å². The van der Waals surface area contributed by atoms with Crippen LogP contribution >= 0.6 is 11.6 Å². The van der Waals surface area contributed by atoms with Crippen molar-refractivity contribution in [2.75, 3.05) is 0 Å². The molecule has 0 bridgehead atoms. The predicted octanol–water partition coefficient (Wildman–Crippen LogP) is 3.60. The summed E-state index contributed by atoms with van der Waals surface area (Å²) in [6.07, 6.45) is 1.57. The summed E-state index contributed by atoms with van der Waals surface area (Å²) in [5, 5.41) is 0.380. The van der Waals surface area contributed by atoms with Gasteiger partial charge < -0.3 is 0 Å². The van der Waals surface area contributed by atoms with E-state index < -0.39 is 10.0 Å². The van der Waals surface area contributed by atoms with Crippen molar-refractivity contribution >= 4 is 21.6 Å². The summed E-state index contributed by atoms with van der Waals surface area (Å²) in [6, 6.07) is 7.38. The van der Waals surface area contributed by atoms with Crippen molar-refractivity contribution in [3.63, 3.8) is 0 Å². The van der Waals surface area contributed by atoms with Crippen LogP contribution in [-0.2, 0) is 10.0 Å². The Morgan fingerprint density at radius 2 is 1.79 bits per heavy atom. The minimum Gasteiger partial charge on any atom is -0.212 e. The fourth-order valence-corrected chi connectivity index (χ4v) is 4.85. The third-order valence-electron chi connectivity index (χ3n) is 3.72. The SMILES string of the molecule is CC(C)N1C(c2ccc(Cl)cc2)CC[C@@H](C)S1(=O)=O. The number of hydrogen-bond acceptors (Lipinski definition) is 2. The first-order valence-electron chi connectivity index (χ1n) is 6.62. The normalized spacial score (nSPS) is 27.6. The Morgan fingerprint density at radius 1 is 1.21 bits per heavy atom. The van der Waals surface area contributed by atoms with Crippen molar-refractivity contribution in [1.29, 1.82) is 0 Å². The van der Waals surface area contributed by atoms with E-state index in [1.807, 2.05) is 38.1 Å². The molecular formula is C14H20ClNO2S. The van der Waals surface area contributed by atoms with Gasteiger partial charge in [0.1, 0.15) is 0 Å². The molecule has 0 saturated carbocycles. The number of nitrogens with zero attached hydrogens (tertiary/aromatic N) is 1. The lowest BCUT2D eigenvalue weighted by atomic mass is 10.00. The molecule has 1 fully saturated rings. The number of rotatable bonds is 2. The van der Waals surface area contributed by atoms with Gasteiger partial charge in [0.25, 0.3) is 0 Å².